The summed E-state index contributed by atoms with van der Waals surface area (Å²) in [7, 11) is -2.85. The van der Waals surface area contributed by atoms with Gasteiger partial charge in [-0.1, -0.05) is 6.92 Å². The highest BCUT2D eigenvalue weighted by atomic mass is 32.2. The van der Waals surface area contributed by atoms with Crippen LogP contribution in [0.4, 0.5) is 0 Å². The van der Waals surface area contributed by atoms with Gasteiger partial charge in [0.2, 0.25) is 0 Å². The molecule has 1 fully saturated rings. The molecule has 1 aliphatic rings. The van der Waals surface area contributed by atoms with Gasteiger partial charge in [0, 0.05) is 18.4 Å². The number of nitrogens with zero attached hydrogens (tertiary/aromatic N) is 1. The van der Waals surface area contributed by atoms with Crippen LogP contribution >= 0.6 is 0 Å². The number of rotatable bonds is 5. The number of sulfone groups is 1. The second-order valence-electron chi connectivity index (χ2n) is 5.33. The highest BCUT2D eigenvalue weighted by molar-refractivity contribution is 7.91. The van der Waals surface area contributed by atoms with Gasteiger partial charge in [0.15, 0.2) is 9.84 Å². The van der Waals surface area contributed by atoms with Crippen molar-refractivity contribution in [3.05, 3.63) is 29.6 Å². The molecular formula is C14H22N2O2S. The summed E-state index contributed by atoms with van der Waals surface area (Å²) in [5.74, 6) is 0.781. The van der Waals surface area contributed by atoms with E-state index in [1.807, 2.05) is 12.3 Å². The lowest BCUT2D eigenvalue weighted by Gasteiger charge is -2.25. The van der Waals surface area contributed by atoms with Crippen LogP contribution < -0.4 is 5.32 Å². The van der Waals surface area contributed by atoms with Crippen molar-refractivity contribution in [2.45, 2.75) is 32.7 Å². The third-order valence-electron chi connectivity index (χ3n) is 3.77. The van der Waals surface area contributed by atoms with Crippen molar-refractivity contribution in [1.29, 1.82) is 0 Å². The Balaban J connectivity index is 2.24. The molecule has 2 atom stereocenters. The Morgan fingerprint density at radius 1 is 1.53 bits per heavy atom. The molecule has 1 N–H and O–H groups in total. The van der Waals surface area contributed by atoms with Gasteiger partial charge in [-0.15, -0.1) is 0 Å². The van der Waals surface area contributed by atoms with Crippen LogP contribution in [0.2, 0.25) is 0 Å². The lowest BCUT2D eigenvalue weighted by molar-refractivity contribution is 0.390. The van der Waals surface area contributed by atoms with Gasteiger partial charge in [-0.2, -0.15) is 0 Å². The third kappa shape index (κ3) is 3.54. The second kappa shape index (κ2) is 6.01. The highest BCUT2D eigenvalue weighted by Crippen LogP contribution is 2.32. The van der Waals surface area contributed by atoms with Crippen LogP contribution in [0, 0.1) is 12.8 Å². The monoisotopic (exact) mass is 282 g/mol. The zero-order valence-corrected chi connectivity index (χ0v) is 12.4. The van der Waals surface area contributed by atoms with Crippen LogP contribution in [0.15, 0.2) is 18.5 Å². The van der Waals surface area contributed by atoms with Gasteiger partial charge in [-0.25, -0.2) is 8.42 Å². The molecule has 106 valence electrons. The average Bonchev–Trinajstić information content (AvgIpc) is 2.72. The van der Waals surface area contributed by atoms with Crippen molar-refractivity contribution in [2.24, 2.45) is 5.92 Å². The van der Waals surface area contributed by atoms with E-state index in [1.54, 1.807) is 6.20 Å². The standard InChI is InChI=1S/C14H22N2O2S/c1-3-6-16-14(12-5-8-19(17,18)10-12)13-9-15-7-4-11(13)2/h4,7,9,12,14,16H,3,5-6,8,10H2,1-2H3. The summed E-state index contributed by atoms with van der Waals surface area (Å²) in [5.41, 5.74) is 2.31. The van der Waals surface area contributed by atoms with E-state index in [2.05, 4.69) is 24.1 Å². The molecule has 0 spiro atoms. The number of aryl methyl sites for hydroxylation is 1. The molecule has 2 rings (SSSR count). The minimum Gasteiger partial charge on any atom is -0.310 e. The van der Waals surface area contributed by atoms with Gasteiger partial charge in [-0.3, -0.25) is 4.98 Å². The zero-order chi connectivity index (χ0) is 13.9. The van der Waals surface area contributed by atoms with Crippen molar-refractivity contribution in [2.75, 3.05) is 18.1 Å². The molecule has 4 nitrogen and oxygen atoms in total. The minimum absolute atomic E-state index is 0.103. The second-order valence-corrected chi connectivity index (χ2v) is 7.56. The van der Waals surface area contributed by atoms with E-state index in [9.17, 15) is 8.42 Å². The lowest BCUT2D eigenvalue weighted by atomic mass is 9.91. The molecule has 0 saturated carbocycles. The molecule has 0 radical (unpaired) electrons. The summed E-state index contributed by atoms with van der Waals surface area (Å²) in [6.45, 7) is 5.07. The van der Waals surface area contributed by atoms with Crippen molar-refractivity contribution in [3.8, 4) is 0 Å². The first kappa shape index (κ1) is 14.5. The van der Waals surface area contributed by atoms with Crippen LogP contribution in [-0.4, -0.2) is 31.5 Å². The van der Waals surface area contributed by atoms with Crippen molar-refractivity contribution < 1.29 is 8.42 Å². The van der Waals surface area contributed by atoms with Crippen LogP contribution in [-0.2, 0) is 9.84 Å². The van der Waals surface area contributed by atoms with Gasteiger partial charge in [0.05, 0.1) is 11.5 Å². The molecule has 2 unspecified atom stereocenters. The first-order valence-electron chi connectivity index (χ1n) is 6.88. The Morgan fingerprint density at radius 3 is 2.89 bits per heavy atom. The molecule has 5 heteroatoms. The Hall–Kier alpha value is -0.940. The van der Waals surface area contributed by atoms with Crippen LogP contribution in [0.25, 0.3) is 0 Å². The zero-order valence-electron chi connectivity index (χ0n) is 11.6. The molecular weight excluding hydrogens is 260 g/mol. The number of aromatic nitrogens is 1. The van der Waals surface area contributed by atoms with E-state index in [4.69, 9.17) is 0 Å². The molecule has 0 aromatic carbocycles. The van der Waals surface area contributed by atoms with Gasteiger partial charge >= 0.3 is 0 Å². The van der Waals surface area contributed by atoms with Gasteiger partial charge in [0.1, 0.15) is 0 Å². The largest absolute Gasteiger partial charge is 0.310 e. The fourth-order valence-electron chi connectivity index (χ4n) is 2.72. The average molecular weight is 282 g/mol. The van der Waals surface area contributed by atoms with Crippen molar-refractivity contribution >= 4 is 9.84 Å². The van der Waals surface area contributed by atoms with Crippen LogP contribution in [0.3, 0.4) is 0 Å². The number of nitrogens with one attached hydrogen (secondary N) is 1. The smallest absolute Gasteiger partial charge is 0.150 e. The van der Waals surface area contributed by atoms with Crippen molar-refractivity contribution in [3.63, 3.8) is 0 Å². The maximum absolute atomic E-state index is 11.7. The summed E-state index contributed by atoms with van der Waals surface area (Å²) in [6, 6.07) is 2.09. The summed E-state index contributed by atoms with van der Waals surface area (Å²) in [5, 5.41) is 3.50. The Kier molecular flexibility index (Phi) is 4.58. The number of pyridine rings is 1. The van der Waals surface area contributed by atoms with Gasteiger partial charge in [-0.05, 0) is 49.4 Å². The quantitative estimate of drug-likeness (QED) is 0.895. The predicted octanol–water partition coefficient (Wildman–Crippen LogP) is 1.87. The maximum atomic E-state index is 11.7. The van der Waals surface area contributed by atoms with Crippen LogP contribution in [0.1, 0.15) is 36.9 Å². The Labute approximate surface area is 115 Å². The first-order valence-corrected chi connectivity index (χ1v) is 8.70. The molecule has 19 heavy (non-hydrogen) atoms. The SMILES string of the molecule is CCCNC(c1cnccc1C)C1CCS(=O)(=O)C1. The molecule has 1 aromatic rings. The summed E-state index contributed by atoms with van der Waals surface area (Å²) in [4.78, 5) is 4.19. The topological polar surface area (TPSA) is 59.1 Å². The molecule has 0 bridgehead atoms. The summed E-state index contributed by atoms with van der Waals surface area (Å²) < 4.78 is 23.4. The lowest BCUT2D eigenvalue weighted by Crippen LogP contribution is -2.30. The number of hydrogen-bond donors (Lipinski definition) is 1. The predicted molar refractivity (Wildman–Crippen MR) is 76.8 cm³/mol. The fourth-order valence-corrected chi connectivity index (χ4v) is 4.56. The van der Waals surface area contributed by atoms with Gasteiger partial charge < -0.3 is 5.32 Å². The van der Waals surface area contributed by atoms with E-state index in [-0.39, 0.29) is 12.0 Å². The fraction of sp³-hybridized carbons (Fsp3) is 0.643. The Morgan fingerprint density at radius 2 is 2.32 bits per heavy atom. The Bertz CT molecular complexity index is 528. The maximum Gasteiger partial charge on any atom is 0.150 e. The third-order valence-corrected chi connectivity index (χ3v) is 5.56. The minimum atomic E-state index is -2.85. The summed E-state index contributed by atoms with van der Waals surface area (Å²) >= 11 is 0. The molecule has 1 aliphatic heterocycles. The molecule has 1 saturated heterocycles. The molecule has 2 heterocycles. The normalized spacial score (nSPS) is 23.4. The van der Waals surface area contributed by atoms with Crippen molar-refractivity contribution in [1.82, 2.24) is 10.3 Å². The molecule has 0 aliphatic carbocycles. The van der Waals surface area contributed by atoms with Gasteiger partial charge in [0.25, 0.3) is 0 Å². The van der Waals surface area contributed by atoms with E-state index >= 15 is 0 Å². The number of hydrogen-bond acceptors (Lipinski definition) is 4. The first-order chi connectivity index (χ1) is 9.03. The summed E-state index contributed by atoms with van der Waals surface area (Å²) in [6.07, 6.45) is 5.43. The van der Waals surface area contributed by atoms with E-state index in [0.717, 1.165) is 24.9 Å². The molecule has 1 aromatic heterocycles. The van der Waals surface area contributed by atoms with E-state index in [1.165, 1.54) is 5.56 Å². The van der Waals surface area contributed by atoms with E-state index < -0.39 is 9.84 Å². The molecule has 0 amide bonds. The van der Waals surface area contributed by atoms with E-state index in [0.29, 0.717) is 11.5 Å². The van der Waals surface area contributed by atoms with Crippen LogP contribution in [0.5, 0.6) is 0 Å². The highest BCUT2D eigenvalue weighted by Gasteiger charge is 2.34.